The van der Waals surface area contributed by atoms with Crippen LogP contribution in [-0.2, 0) is 0 Å². The van der Waals surface area contributed by atoms with Crippen molar-refractivity contribution in [2.24, 2.45) is 0 Å². The van der Waals surface area contributed by atoms with Gasteiger partial charge in [-0.25, -0.2) is 0 Å². The molecule has 2 saturated heterocycles. The minimum atomic E-state index is 0.724. The van der Waals surface area contributed by atoms with Crippen molar-refractivity contribution in [3.8, 4) is 11.5 Å². The zero-order valence-electron chi connectivity index (χ0n) is 25.8. The Morgan fingerprint density at radius 3 is 1.38 bits per heavy atom. The Bertz CT molecular complexity index is 946. The lowest BCUT2D eigenvalue weighted by Crippen LogP contribution is -2.38. The van der Waals surface area contributed by atoms with Gasteiger partial charge in [-0.1, -0.05) is 51.0 Å². The molecule has 0 saturated carbocycles. The molecule has 0 N–H and O–H groups in total. The lowest BCUT2D eigenvalue weighted by molar-refractivity contribution is 0.148. The Balaban J connectivity index is 1.28. The second-order valence-corrected chi connectivity index (χ2v) is 11.9. The number of rotatable bonds is 14. The van der Waals surface area contributed by atoms with Crippen LogP contribution in [0.3, 0.4) is 0 Å². The number of piperidine rings is 2. The Morgan fingerprint density at radius 1 is 0.625 bits per heavy atom. The zero-order chi connectivity index (χ0) is 28.2. The molecule has 2 atom stereocenters. The van der Waals surface area contributed by atoms with Gasteiger partial charge in [0.25, 0.3) is 0 Å². The largest absolute Gasteiger partial charge is 0.494 e. The highest BCUT2D eigenvalue weighted by Crippen LogP contribution is 2.33. The quantitative estimate of drug-likeness (QED) is 0.175. The molecule has 2 aromatic carbocycles. The molecule has 2 heterocycles. The molecule has 40 heavy (non-hydrogen) atoms. The van der Waals surface area contributed by atoms with Crippen molar-refractivity contribution in [2.45, 2.75) is 104 Å². The van der Waals surface area contributed by atoms with Crippen molar-refractivity contribution in [3.05, 3.63) is 59.7 Å². The Hall–Kier alpha value is -2.30. The number of nitrogens with zero attached hydrogens (tertiary/aromatic N) is 2. The summed E-state index contributed by atoms with van der Waals surface area (Å²) < 4.78 is 12.2. The van der Waals surface area contributed by atoms with Gasteiger partial charge in [0.15, 0.2) is 0 Å². The molecule has 2 aromatic rings. The van der Waals surface area contributed by atoms with Crippen LogP contribution in [0.4, 0.5) is 0 Å². The van der Waals surface area contributed by atoms with Crippen LogP contribution in [0, 0.1) is 0 Å². The van der Waals surface area contributed by atoms with Crippen molar-refractivity contribution < 1.29 is 9.47 Å². The molecular weight excluding hydrogens is 492 g/mol. The monoisotopic (exact) mass is 546 g/mol. The molecule has 220 valence electrons. The summed E-state index contributed by atoms with van der Waals surface area (Å²) in [5.41, 5.74) is 5.41. The molecule has 2 fully saturated rings. The molecule has 0 unspecified atom stereocenters. The molecule has 2 aliphatic heterocycles. The average molecular weight is 547 g/mol. The Kier molecular flexibility index (Phi) is 12.4. The van der Waals surface area contributed by atoms with E-state index in [1.165, 1.54) is 73.9 Å². The molecule has 0 aromatic heterocycles. The van der Waals surface area contributed by atoms with E-state index in [9.17, 15) is 0 Å². The van der Waals surface area contributed by atoms with Crippen LogP contribution in [0.2, 0.25) is 0 Å². The van der Waals surface area contributed by atoms with E-state index in [4.69, 9.17) is 9.47 Å². The van der Waals surface area contributed by atoms with Crippen LogP contribution < -0.4 is 9.47 Å². The van der Waals surface area contributed by atoms with E-state index in [0.717, 1.165) is 75.6 Å². The van der Waals surface area contributed by atoms with E-state index in [0.29, 0.717) is 0 Å². The Morgan fingerprint density at radius 2 is 1.02 bits per heavy atom. The number of allylic oxidation sites excluding steroid dienone is 2. The topological polar surface area (TPSA) is 24.9 Å². The number of hydrogen-bond donors (Lipinski definition) is 0. The molecule has 0 spiro atoms. The molecule has 4 rings (SSSR count). The first-order chi connectivity index (χ1) is 19.6. The van der Waals surface area contributed by atoms with E-state index in [1.54, 1.807) is 0 Å². The summed E-state index contributed by atoms with van der Waals surface area (Å²) in [5.74, 6) is 1.94. The van der Waals surface area contributed by atoms with Crippen LogP contribution in [0.25, 0.3) is 11.1 Å². The maximum atomic E-state index is 6.11. The third-order valence-corrected chi connectivity index (χ3v) is 9.07. The van der Waals surface area contributed by atoms with Gasteiger partial charge in [0.05, 0.1) is 13.2 Å². The summed E-state index contributed by atoms with van der Waals surface area (Å²) >= 11 is 0. The molecule has 4 nitrogen and oxygen atoms in total. The third kappa shape index (κ3) is 8.85. The molecule has 4 heteroatoms. The third-order valence-electron chi connectivity index (χ3n) is 9.07. The first kappa shape index (κ1) is 30.7. The minimum Gasteiger partial charge on any atom is -0.494 e. The fourth-order valence-corrected chi connectivity index (χ4v) is 6.58. The second kappa shape index (κ2) is 16.2. The van der Waals surface area contributed by atoms with Gasteiger partial charge in [-0.2, -0.15) is 0 Å². The van der Waals surface area contributed by atoms with Crippen molar-refractivity contribution in [3.63, 3.8) is 0 Å². The predicted molar refractivity (Wildman–Crippen MR) is 170 cm³/mol. The predicted octanol–water partition coefficient (Wildman–Crippen LogP) is 8.70. The van der Waals surface area contributed by atoms with Gasteiger partial charge in [-0.15, -0.1) is 0 Å². The highest BCUT2D eigenvalue weighted by Gasteiger charge is 2.18. The number of hydrogen-bond acceptors (Lipinski definition) is 4. The summed E-state index contributed by atoms with van der Waals surface area (Å²) in [7, 11) is 0. The first-order valence-electron chi connectivity index (χ1n) is 16.3. The van der Waals surface area contributed by atoms with Crippen LogP contribution in [0.5, 0.6) is 11.5 Å². The van der Waals surface area contributed by atoms with Gasteiger partial charge in [0.2, 0.25) is 0 Å². The fourth-order valence-electron chi connectivity index (χ4n) is 6.58. The van der Waals surface area contributed by atoms with Gasteiger partial charge in [0.1, 0.15) is 11.5 Å². The normalized spacial score (nSPS) is 21.2. The highest BCUT2D eigenvalue weighted by molar-refractivity contribution is 5.90. The van der Waals surface area contributed by atoms with Gasteiger partial charge >= 0.3 is 0 Å². The van der Waals surface area contributed by atoms with E-state index in [-0.39, 0.29) is 0 Å². The van der Waals surface area contributed by atoms with Gasteiger partial charge in [-0.3, -0.25) is 0 Å². The van der Waals surface area contributed by atoms with Crippen LogP contribution in [0.1, 0.15) is 103 Å². The summed E-state index contributed by atoms with van der Waals surface area (Å²) in [4.78, 5) is 5.24. The van der Waals surface area contributed by atoms with Crippen molar-refractivity contribution in [1.82, 2.24) is 9.80 Å². The van der Waals surface area contributed by atoms with E-state index in [2.05, 4.69) is 86.0 Å². The smallest absolute Gasteiger partial charge is 0.119 e. The lowest BCUT2D eigenvalue weighted by Gasteiger charge is -2.33. The number of benzene rings is 2. The standard InChI is InChI=1S/C36H54N2O2/c1-5-35(31-15-19-33(20-16-31)39-27-11-25-37-23-9-7-13-29(37)3)36(6-2)32-17-21-34(22-18-32)40-28-12-26-38-24-10-8-14-30(38)4/h15-22,29-30H,5-14,23-28H2,1-4H3/b36-35+/t29-,30-/m0/s1. The van der Waals surface area contributed by atoms with Crippen LogP contribution in [0.15, 0.2) is 48.5 Å². The van der Waals surface area contributed by atoms with Crippen molar-refractivity contribution >= 4 is 11.1 Å². The van der Waals surface area contributed by atoms with Gasteiger partial charge in [-0.05, 0) is 125 Å². The lowest BCUT2D eigenvalue weighted by atomic mass is 9.91. The highest BCUT2D eigenvalue weighted by atomic mass is 16.5. The minimum absolute atomic E-state index is 0.724. The number of ether oxygens (including phenoxy) is 2. The van der Waals surface area contributed by atoms with E-state index in [1.807, 2.05) is 0 Å². The van der Waals surface area contributed by atoms with E-state index >= 15 is 0 Å². The average Bonchev–Trinajstić information content (AvgIpc) is 2.99. The van der Waals surface area contributed by atoms with Crippen molar-refractivity contribution in [2.75, 3.05) is 39.4 Å². The molecule has 0 amide bonds. The van der Waals surface area contributed by atoms with Crippen LogP contribution >= 0.6 is 0 Å². The van der Waals surface area contributed by atoms with Gasteiger partial charge in [0, 0.05) is 25.2 Å². The maximum Gasteiger partial charge on any atom is 0.119 e. The zero-order valence-corrected chi connectivity index (χ0v) is 25.8. The Labute approximate surface area is 244 Å². The second-order valence-electron chi connectivity index (χ2n) is 11.9. The maximum absolute atomic E-state index is 6.11. The summed E-state index contributed by atoms with van der Waals surface area (Å²) in [6.45, 7) is 15.6. The SMILES string of the molecule is CC/C(=C(/CC)c1ccc(OCCCN2CCCC[C@@H]2C)cc1)c1ccc(OCCCN2CCCC[C@@H]2C)cc1. The summed E-state index contributed by atoms with van der Waals surface area (Å²) in [6.07, 6.45) is 12.3. The molecule has 2 aliphatic rings. The van der Waals surface area contributed by atoms with E-state index < -0.39 is 0 Å². The van der Waals surface area contributed by atoms with Crippen LogP contribution in [-0.4, -0.2) is 61.3 Å². The summed E-state index contributed by atoms with van der Waals surface area (Å²) in [5, 5.41) is 0. The molecule has 0 bridgehead atoms. The van der Waals surface area contributed by atoms with Gasteiger partial charge < -0.3 is 19.3 Å². The first-order valence-corrected chi connectivity index (χ1v) is 16.3. The van der Waals surface area contributed by atoms with Crippen molar-refractivity contribution in [1.29, 1.82) is 0 Å². The molecule has 0 aliphatic carbocycles. The molecule has 0 radical (unpaired) electrons. The molecular formula is C36H54N2O2. The number of likely N-dealkylation sites (tertiary alicyclic amines) is 2. The fraction of sp³-hybridized carbons (Fsp3) is 0.611. The summed E-state index contributed by atoms with van der Waals surface area (Å²) in [6, 6.07) is 19.0.